The van der Waals surface area contributed by atoms with Crippen molar-refractivity contribution in [2.75, 3.05) is 17.3 Å². The standard InChI is InChI=1S/C11H19N5O/c1-2-8-9(14-7-15-10(8)16-12)13-6-11(17)4-3-5-11/h7,17H,2-6,12H2,1H3,(H2,13,14,15,16). The van der Waals surface area contributed by atoms with Gasteiger partial charge in [0.2, 0.25) is 0 Å². The maximum Gasteiger partial charge on any atom is 0.148 e. The van der Waals surface area contributed by atoms with Crippen molar-refractivity contribution in [1.29, 1.82) is 0 Å². The Kier molecular flexibility index (Phi) is 3.44. The number of nitrogens with one attached hydrogen (secondary N) is 2. The SMILES string of the molecule is CCc1c(NN)ncnc1NCC1(O)CCC1. The smallest absolute Gasteiger partial charge is 0.148 e. The van der Waals surface area contributed by atoms with Crippen molar-refractivity contribution >= 4 is 11.6 Å². The maximum atomic E-state index is 10.0. The predicted octanol–water partition coefficient (Wildman–Crippen LogP) is 0.651. The third-order valence-electron chi connectivity index (χ3n) is 3.30. The number of rotatable bonds is 5. The summed E-state index contributed by atoms with van der Waals surface area (Å²) in [6.07, 6.45) is 5.05. The average molecular weight is 237 g/mol. The summed E-state index contributed by atoms with van der Waals surface area (Å²) in [6, 6.07) is 0. The number of nitrogens with two attached hydrogens (primary N) is 1. The lowest BCUT2D eigenvalue weighted by molar-refractivity contribution is -0.0202. The summed E-state index contributed by atoms with van der Waals surface area (Å²) in [4.78, 5) is 8.25. The van der Waals surface area contributed by atoms with Crippen molar-refractivity contribution in [1.82, 2.24) is 9.97 Å². The van der Waals surface area contributed by atoms with Gasteiger partial charge in [0.1, 0.15) is 18.0 Å². The van der Waals surface area contributed by atoms with Gasteiger partial charge in [-0.3, -0.25) is 0 Å². The van der Waals surface area contributed by atoms with Crippen LogP contribution in [0.5, 0.6) is 0 Å². The van der Waals surface area contributed by atoms with Crippen LogP contribution >= 0.6 is 0 Å². The molecule has 0 radical (unpaired) electrons. The Bertz CT molecular complexity index is 391. The minimum absolute atomic E-state index is 0.529. The van der Waals surface area contributed by atoms with Crippen LogP contribution in [0.1, 0.15) is 31.7 Å². The molecule has 6 nitrogen and oxygen atoms in total. The molecule has 0 spiro atoms. The van der Waals surface area contributed by atoms with Crippen molar-refractivity contribution < 1.29 is 5.11 Å². The van der Waals surface area contributed by atoms with E-state index in [1.807, 2.05) is 6.92 Å². The minimum Gasteiger partial charge on any atom is -0.388 e. The number of nitrogen functional groups attached to an aromatic ring is 1. The van der Waals surface area contributed by atoms with Gasteiger partial charge in [-0.1, -0.05) is 6.92 Å². The van der Waals surface area contributed by atoms with E-state index >= 15 is 0 Å². The summed E-state index contributed by atoms with van der Waals surface area (Å²) in [7, 11) is 0. The van der Waals surface area contributed by atoms with E-state index in [2.05, 4.69) is 20.7 Å². The lowest BCUT2D eigenvalue weighted by Crippen LogP contribution is -2.43. The second-order valence-electron chi connectivity index (χ2n) is 4.48. The Morgan fingerprint density at radius 3 is 2.65 bits per heavy atom. The Morgan fingerprint density at radius 1 is 1.41 bits per heavy atom. The van der Waals surface area contributed by atoms with Crippen LogP contribution in [0.15, 0.2) is 6.33 Å². The Labute approximate surface area is 101 Å². The monoisotopic (exact) mass is 237 g/mol. The third kappa shape index (κ3) is 2.48. The second-order valence-corrected chi connectivity index (χ2v) is 4.48. The van der Waals surface area contributed by atoms with E-state index in [4.69, 9.17) is 5.84 Å². The van der Waals surface area contributed by atoms with Crippen molar-refractivity contribution in [2.45, 2.75) is 38.2 Å². The van der Waals surface area contributed by atoms with Crippen molar-refractivity contribution in [3.63, 3.8) is 0 Å². The lowest BCUT2D eigenvalue weighted by Gasteiger charge is -2.36. The number of aromatic nitrogens is 2. The van der Waals surface area contributed by atoms with Crippen molar-refractivity contribution in [3.05, 3.63) is 11.9 Å². The van der Waals surface area contributed by atoms with E-state index in [9.17, 15) is 5.11 Å². The van der Waals surface area contributed by atoms with E-state index in [0.717, 1.165) is 37.1 Å². The first-order valence-electron chi connectivity index (χ1n) is 5.95. The molecular formula is C11H19N5O. The number of anilines is 2. The zero-order valence-electron chi connectivity index (χ0n) is 10.0. The summed E-state index contributed by atoms with van der Waals surface area (Å²) < 4.78 is 0. The van der Waals surface area contributed by atoms with Gasteiger partial charge in [0, 0.05) is 12.1 Å². The van der Waals surface area contributed by atoms with Crippen LogP contribution in [0, 0.1) is 0 Å². The highest BCUT2D eigenvalue weighted by molar-refractivity contribution is 5.56. The molecule has 0 unspecified atom stereocenters. The molecule has 1 heterocycles. The summed E-state index contributed by atoms with van der Waals surface area (Å²) in [5, 5.41) is 13.2. The minimum atomic E-state index is -0.563. The van der Waals surface area contributed by atoms with E-state index in [-0.39, 0.29) is 0 Å². The van der Waals surface area contributed by atoms with Crippen LogP contribution in [-0.4, -0.2) is 27.2 Å². The fourth-order valence-corrected chi connectivity index (χ4v) is 2.03. The topological polar surface area (TPSA) is 96.1 Å². The summed E-state index contributed by atoms with van der Waals surface area (Å²) in [5.41, 5.74) is 2.94. The first-order valence-corrected chi connectivity index (χ1v) is 5.95. The number of nitrogens with zero attached hydrogens (tertiary/aromatic N) is 2. The van der Waals surface area contributed by atoms with Gasteiger partial charge in [-0.05, 0) is 25.7 Å². The molecule has 1 saturated carbocycles. The normalized spacial score (nSPS) is 17.4. The molecule has 1 aliphatic carbocycles. The lowest BCUT2D eigenvalue weighted by atomic mass is 9.80. The van der Waals surface area contributed by atoms with Crippen LogP contribution in [0.3, 0.4) is 0 Å². The van der Waals surface area contributed by atoms with Crippen molar-refractivity contribution in [2.24, 2.45) is 5.84 Å². The van der Waals surface area contributed by atoms with Crippen molar-refractivity contribution in [3.8, 4) is 0 Å². The van der Waals surface area contributed by atoms with E-state index < -0.39 is 5.60 Å². The molecule has 0 saturated heterocycles. The zero-order chi connectivity index (χ0) is 12.3. The van der Waals surface area contributed by atoms with Gasteiger partial charge in [0.15, 0.2) is 0 Å². The maximum absolute atomic E-state index is 10.0. The largest absolute Gasteiger partial charge is 0.388 e. The molecule has 0 amide bonds. The number of hydrogen-bond donors (Lipinski definition) is 4. The van der Waals surface area contributed by atoms with Gasteiger partial charge in [-0.2, -0.15) is 0 Å². The Balaban J connectivity index is 2.09. The fraction of sp³-hybridized carbons (Fsp3) is 0.636. The third-order valence-corrected chi connectivity index (χ3v) is 3.30. The van der Waals surface area contributed by atoms with Crippen LogP contribution in [-0.2, 0) is 6.42 Å². The molecule has 1 aromatic rings. The molecule has 2 rings (SSSR count). The molecule has 5 N–H and O–H groups in total. The molecule has 6 heteroatoms. The van der Waals surface area contributed by atoms with E-state index in [1.54, 1.807) is 0 Å². The summed E-state index contributed by atoms with van der Waals surface area (Å²) >= 11 is 0. The van der Waals surface area contributed by atoms with E-state index in [0.29, 0.717) is 12.4 Å². The van der Waals surface area contributed by atoms with Gasteiger partial charge in [-0.25, -0.2) is 15.8 Å². The molecule has 1 aromatic heterocycles. The van der Waals surface area contributed by atoms with Gasteiger partial charge in [0.25, 0.3) is 0 Å². The highest BCUT2D eigenvalue weighted by atomic mass is 16.3. The predicted molar refractivity (Wildman–Crippen MR) is 66.5 cm³/mol. The first-order chi connectivity index (χ1) is 8.18. The molecule has 0 atom stereocenters. The second kappa shape index (κ2) is 4.85. The molecule has 0 aromatic carbocycles. The summed E-state index contributed by atoms with van der Waals surface area (Å²) in [6.45, 7) is 2.55. The van der Waals surface area contributed by atoms with Crippen LogP contribution < -0.4 is 16.6 Å². The molecule has 1 aliphatic rings. The van der Waals surface area contributed by atoms with Crippen LogP contribution in [0.2, 0.25) is 0 Å². The zero-order valence-corrected chi connectivity index (χ0v) is 10.0. The highest BCUT2D eigenvalue weighted by Crippen LogP contribution is 2.32. The Morgan fingerprint density at radius 2 is 2.12 bits per heavy atom. The quantitative estimate of drug-likeness (QED) is 0.443. The molecule has 94 valence electrons. The average Bonchev–Trinajstić information content (AvgIpc) is 2.33. The van der Waals surface area contributed by atoms with Gasteiger partial charge in [-0.15, -0.1) is 0 Å². The molecule has 17 heavy (non-hydrogen) atoms. The number of hydrazine groups is 1. The summed E-state index contributed by atoms with van der Waals surface area (Å²) in [5.74, 6) is 6.77. The number of aliphatic hydroxyl groups is 1. The van der Waals surface area contributed by atoms with Gasteiger partial charge >= 0.3 is 0 Å². The van der Waals surface area contributed by atoms with E-state index in [1.165, 1.54) is 6.33 Å². The fourth-order valence-electron chi connectivity index (χ4n) is 2.03. The van der Waals surface area contributed by atoms with Crippen LogP contribution in [0.25, 0.3) is 0 Å². The molecule has 1 fully saturated rings. The molecule has 0 aliphatic heterocycles. The Hall–Kier alpha value is -1.40. The molecular weight excluding hydrogens is 218 g/mol. The molecule has 0 bridgehead atoms. The van der Waals surface area contributed by atoms with Gasteiger partial charge < -0.3 is 15.8 Å². The van der Waals surface area contributed by atoms with Gasteiger partial charge in [0.05, 0.1) is 5.60 Å². The van der Waals surface area contributed by atoms with Crippen LogP contribution in [0.4, 0.5) is 11.6 Å². The number of hydrogen-bond acceptors (Lipinski definition) is 6. The highest BCUT2D eigenvalue weighted by Gasteiger charge is 2.34. The first kappa shape index (κ1) is 12.1.